The van der Waals surface area contributed by atoms with Crippen molar-refractivity contribution in [3.8, 4) is 11.5 Å². The predicted octanol–water partition coefficient (Wildman–Crippen LogP) is 3.03. The summed E-state index contributed by atoms with van der Waals surface area (Å²) in [6.45, 7) is 4.47. The summed E-state index contributed by atoms with van der Waals surface area (Å²) in [7, 11) is 0. The van der Waals surface area contributed by atoms with Gasteiger partial charge in [0.25, 0.3) is 0 Å². The van der Waals surface area contributed by atoms with Crippen LogP contribution >= 0.6 is 11.6 Å². The van der Waals surface area contributed by atoms with E-state index in [0.717, 1.165) is 5.56 Å². The highest BCUT2D eigenvalue weighted by molar-refractivity contribution is 6.31. The second-order valence-corrected chi connectivity index (χ2v) is 6.32. The van der Waals surface area contributed by atoms with Gasteiger partial charge in [-0.2, -0.15) is 4.98 Å². The fourth-order valence-electron chi connectivity index (χ4n) is 2.19. The summed E-state index contributed by atoms with van der Waals surface area (Å²) in [6.07, 6.45) is 3.28. The maximum Gasteiger partial charge on any atom is 0.240 e. The number of rotatable bonds is 6. The molecule has 1 N–H and O–H groups in total. The van der Waals surface area contributed by atoms with E-state index >= 15 is 0 Å². The molecule has 0 aliphatic rings. The Labute approximate surface area is 150 Å². The first kappa shape index (κ1) is 17.2. The molecule has 0 saturated heterocycles. The Bertz CT molecular complexity index is 871. The summed E-state index contributed by atoms with van der Waals surface area (Å²) in [5, 5.41) is 7.37. The van der Waals surface area contributed by atoms with E-state index < -0.39 is 0 Å². The summed E-state index contributed by atoms with van der Waals surface area (Å²) in [6, 6.07) is 7.40. The van der Waals surface area contributed by atoms with Crippen LogP contribution in [0, 0.1) is 0 Å². The molecule has 8 heteroatoms. The first-order valence-corrected chi connectivity index (χ1v) is 8.26. The van der Waals surface area contributed by atoms with Crippen molar-refractivity contribution in [3.05, 3.63) is 53.3 Å². The molecule has 0 aliphatic heterocycles. The van der Waals surface area contributed by atoms with Crippen LogP contribution in [0.3, 0.4) is 0 Å². The quantitative estimate of drug-likeness (QED) is 0.731. The number of nitrogens with zero attached hydrogens (tertiary/aromatic N) is 4. The van der Waals surface area contributed by atoms with E-state index in [1.165, 1.54) is 0 Å². The van der Waals surface area contributed by atoms with Crippen LogP contribution in [0.2, 0.25) is 5.02 Å². The Morgan fingerprint density at radius 3 is 2.88 bits per heavy atom. The molecular weight excluding hydrogens is 342 g/mol. The molecule has 25 heavy (non-hydrogen) atoms. The highest BCUT2D eigenvalue weighted by Gasteiger charge is 2.14. The molecule has 1 aromatic carbocycles. The number of imidazole rings is 1. The number of carbonyl (C=O) groups excluding carboxylic acids is 1. The summed E-state index contributed by atoms with van der Waals surface area (Å²) < 4.78 is 6.84. The van der Waals surface area contributed by atoms with Crippen LogP contribution in [-0.4, -0.2) is 25.6 Å². The fourth-order valence-corrected chi connectivity index (χ4v) is 2.40. The van der Waals surface area contributed by atoms with Gasteiger partial charge in [0.1, 0.15) is 12.2 Å². The van der Waals surface area contributed by atoms with Crippen molar-refractivity contribution in [2.24, 2.45) is 0 Å². The van der Waals surface area contributed by atoms with Crippen molar-refractivity contribution >= 4 is 17.5 Å². The molecule has 0 atom stereocenters. The molecule has 0 aliphatic carbocycles. The number of nitrogens with one attached hydrogen (secondary N) is 1. The van der Waals surface area contributed by atoms with Crippen molar-refractivity contribution in [2.75, 3.05) is 0 Å². The van der Waals surface area contributed by atoms with E-state index in [0.29, 0.717) is 29.0 Å². The molecule has 0 fully saturated rings. The van der Waals surface area contributed by atoms with Crippen molar-refractivity contribution < 1.29 is 9.32 Å². The number of carbonyl (C=O) groups is 1. The van der Waals surface area contributed by atoms with Gasteiger partial charge in [-0.05, 0) is 11.6 Å². The van der Waals surface area contributed by atoms with Crippen molar-refractivity contribution in [1.82, 2.24) is 25.0 Å². The number of hydrogen-bond donors (Lipinski definition) is 1. The lowest BCUT2D eigenvalue weighted by Gasteiger charge is -2.07. The van der Waals surface area contributed by atoms with Gasteiger partial charge in [-0.1, -0.05) is 48.8 Å². The SMILES string of the molecule is CC(C)c1nc(-c2cn(CC(=O)NCc3ccccc3Cl)cn2)no1. The van der Waals surface area contributed by atoms with E-state index in [-0.39, 0.29) is 18.4 Å². The molecule has 130 valence electrons. The van der Waals surface area contributed by atoms with E-state index in [4.69, 9.17) is 16.1 Å². The third kappa shape index (κ3) is 4.24. The zero-order valence-corrected chi connectivity index (χ0v) is 14.7. The van der Waals surface area contributed by atoms with Gasteiger partial charge in [0.15, 0.2) is 0 Å². The van der Waals surface area contributed by atoms with Gasteiger partial charge in [0.05, 0.1) is 6.33 Å². The topological polar surface area (TPSA) is 85.8 Å². The highest BCUT2D eigenvalue weighted by Crippen LogP contribution is 2.18. The molecule has 0 unspecified atom stereocenters. The number of amides is 1. The third-order valence-electron chi connectivity index (χ3n) is 3.56. The van der Waals surface area contributed by atoms with Gasteiger partial charge in [0, 0.05) is 23.7 Å². The maximum atomic E-state index is 12.1. The standard InChI is InChI=1S/C17H18ClN5O2/c1-11(2)17-21-16(22-25-17)14-8-23(10-20-14)9-15(24)19-7-12-5-3-4-6-13(12)18/h3-6,8,10-11H,7,9H2,1-2H3,(H,19,24). The van der Waals surface area contributed by atoms with Crippen LogP contribution in [0.1, 0.15) is 31.2 Å². The smallest absolute Gasteiger partial charge is 0.240 e. The van der Waals surface area contributed by atoms with Crippen LogP contribution in [0.15, 0.2) is 41.3 Å². The van der Waals surface area contributed by atoms with E-state index in [1.807, 2.05) is 32.0 Å². The monoisotopic (exact) mass is 359 g/mol. The Kier molecular flexibility index (Phi) is 5.14. The van der Waals surface area contributed by atoms with Crippen molar-refractivity contribution in [3.63, 3.8) is 0 Å². The third-order valence-corrected chi connectivity index (χ3v) is 3.93. The van der Waals surface area contributed by atoms with E-state index in [1.54, 1.807) is 23.2 Å². The Balaban J connectivity index is 1.59. The van der Waals surface area contributed by atoms with Crippen molar-refractivity contribution in [1.29, 1.82) is 0 Å². The van der Waals surface area contributed by atoms with Crippen LogP contribution < -0.4 is 5.32 Å². The van der Waals surface area contributed by atoms with Crippen LogP contribution in [0.5, 0.6) is 0 Å². The largest absolute Gasteiger partial charge is 0.350 e. The number of aromatic nitrogens is 4. The minimum absolute atomic E-state index is 0.139. The lowest BCUT2D eigenvalue weighted by molar-refractivity contribution is -0.121. The van der Waals surface area contributed by atoms with Crippen LogP contribution in [-0.2, 0) is 17.9 Å². The normalized spacial score (nSPS) is 11.0. The van der Waals surface area contributed by atoms with Crippen LogP contribution in [0.25, 0.3) is 11.5 Å². The van der Waals surface area contributed by atoms with Gasteiger partial charge in [-0.3, -0.25) is 4.79 Å². The summed E-state index contributed by atoms with van der Waals surface area (Å²) in [4.78, 5) is 20.6. The average Bonchev–Trinajstić information content (AvgIpc) is 3.23. The zero-order chi connectivity index (χ0) is 17.8. The Morgan fingerprint density at radius 2 is 2.16 bits per heavy atom. The van der Waals surface area contributed by atoms with Gasteiger partial charge in [-0.25, -0.2) is 4.98 Å². The summed E-state index contributed by atoms with van der Waals surface area (Å²) in [5.41, 5.74) is 1.44. The molecule has 0 radical (unpaired) electrons. The van der Waals surface area contributed by atoms with Gasteiger partial charge >= 0.3 is 0 Å². The Morgan fingerprint density at radius 1 is 1.36 bits per heavy atom. The minimum Gasteiger partial charge on any atom is -0.350 e. The van der Waals surface area contributed by atoms with E-state index in [2.05, 4.69) is 20.4 Å². The first-order chi connectivity index (χ1) is 12.0. The first-order valence-electron chi connectivity index (χ1n) is 7.89. The predicted molar refractivity (Wildman–Crippen MR) is 92.9 cm³/mol. The molecule has 3 aromatic rings. The molecule has 0 bridgehead atoms. The molecule has 2 aromatic heterocycles. The molecule has 0 saturated carbocycles. The maximum absolute atomic E-state index is 12.1. The molecule has 0 spiro atoms. The van der Waals surface area contributed by atoms with Crippen LogP contribution in [0.4, 0.5) is 0 Å². The highest BCUT2D eigenvalue weighted by atomic mass is 35.5. The molecule has 1 amide bonds. The summed E-state index contributed by atoms with van der Waals surface area (Å²) in [5.74, 6) is 0.986. The minimum atomic E-state index is -0.139. The molecular formula is C17H18ClN5O2. The zero-order valence-electron chi connectivity index (χ0n) is 13.9. The van der Waals surface area contributed by atoms with Gasteiger partial charge in [0.2, 0.25) is 17.6 Å². The number of benzene rings is 1. The lowest BCUT2D eigenvalue weighted by atomic mass is 10.2. The molecule has 7 nitrogen and oxygen atoms in total. The lowest BCUT2D eigenvalue weighted by Crippen LogP contribution is -2.26. The Hall–Kier alpha value is -2.67. The fraction of sp³-hybridized carbons (Fsp3) is 0.294. The number of halogens is 1. The van der Waals surface area contributed by atoms with E-state index in [9.17, 15) is 4.79 Å². The second-order valence-electron chi connectivity index (χ2n) is 5.91. The number of hydrogen-bond acceptors (Lipinski definition) is 5. The molecule has 3 rings (SSSR count). The van der Waals surface area contributed by atoms with Crippen molar-refractivity contribution in [2.45, 2.75) is 32.9 Å². The van der Waals surface area contributed by atoms with Gasteiger partial charge < -0.3 is 14.4 Å². The summed E-state index contributed by atoms with van der Waals surface area (Å²) >= 11 is 6.07. The van der Waals surface area contributed by atoms with Gasteiger partial charge in [-0.15, -0.1) is 0 Å². The molecule has 2 heterocycles. The second kappa shape index (κ2) is 7.48. The average molecular weight is 360 g/mol.